The van der Waals surface area contributed by atoms with E-state index < -0.39 is 17.8 Å². The van der Waals surface area contributed by atoms with Crippen LogP contribution in [-0.4, -0.2) is 31.0 Å². The number of rotatable bonds is 7. The second-order valence-electron chi connectivity index (χ2n) is 10.3. The fourth-order valence-electron chi connectivity index (χ4n) is 3.70. The van der Waals surface area contributed by atoms with E-state index >= 15 is 0 Å². The number of amides is 2. The molecule has 0 saturated carbocycles. The van der Waals surface area contributed by atoms with Crippen LogP contribution in [0.4, 0.5) is 24.5 Å². The zero-order valence-electron chi connectivity index (χ0n) is 25.9. The van der Waals surface area contributed by atoms with Gasteiger partial charge in [-0.3, -0.25) is 9.59 Å². The molecule has 3 atom stereocenters. The Bertz CT molecular complexity index is 1640. The maximum atomic E-state index is 12.4. The zero-order chi connectivity index (χ0) is 35.4. The molecule has 8 N–H and O–H groups in total. The van der Waals surface area contributed by atoms with Crippen molar-refractivity contribution in [2.24, 2.45) is 17.2 Å². The van der Waals surface area contributed by atoms with Crippen molar-refractivity contribution >= 4 is 57.9 Å². The molecule has 0 bridgehead atoms. The summed E-state index contributed by atoms with van der Waals surface area (Å²) in [5.74, 6) is -0.514. The molecule has 3 aromatic carbocycles. The summed E-state index contributed by atoms with van der Waals surface area (Å²) in [4.78, 5) is 23.3. The normalized spacial score (nSPS) is 12.7. The van der Waals surface area contributed by atoms with E-state index in [1.165, 1.54) is 12.1 Å². The molecule has 2 heterocycles. The minimum atomic E-state index is -4.43. The van der Waals surface area contributed by atoms with Crippen LogP contribution in [-0.2, 0) is 6.18 Å². The van der Waals surface area contributed by atoms with E-state index in [4.69, 9.17) is 28.8 Å². The molecule has 2 amide bonds. The first-order valence-electron chi connectivity index (χ1n) is 14.2. The molecule has 1 unspecified atom stereocenters. The Labute approximate surface area is 288 Å². The van der Waals surface area contributed by atoms with Crippen molar-refractivity contribution in [2.75, 3.05) is 10.6 Å². The summed E-state index contributed by atoms with van der Waals surface area (Å²) in [7, 11) is 0. The standard InChI is InChI=1S/2C11H12N4OS.C9H9ClF3N/c2*1-7(12)8-2-4-9(5-3-8)13-11(16)10-6-17-15-14-10;1-5(14)6-2-3-8(10)7(4-6)9(11,12)13/h2*2-7H,12H2,1H3,(H,13,16);2-5H,14H2,1H3/t2*7-;/m10./s1. The second-order valence-corrected chi connectivity index (χ2v) is 12.0. The smallest absolute Gasteiger partial charge is 0.324 e. The average molecular weight is 720 g/mol. The predicted molar refractivity (Wildman–Crippen MR) is 183 cm³/mol. The fourth-order valence-corrected chi connectivity index (χ4v) is 4.80. The lowest BCUT2D eigenvalue weighted by atomic mass is 10.1. The quantitative estimate of drug-likeness (QED) is 0.118. The van der Waals surface area contributed by atoms with Crippen LogP contribution >= 0.6 is 34.7 Å². The van der Waals surface area contributed by atoms with Crippen molar-refractivity contribution in [1.29, 1.82) is 0 Å². The molecule has 0 aliphatic carbocycles. The van der Waals surface area contributed by atoms with E-state index in [1.54, 1.807) is 17.7 Å². The molecular formula is C31H33ClF3N9O2S2. The highest BCUT2D eigenvalue weighted by molar-refractivity contribution is 7.03. The van der Waals surface area contributed by atoms with Crippen LogP contribution in [0.1, 0.15) is 82.1 Å². The molecule has 0 aliphatic rings. The highest BCUT2D eigenvalue weighted by Gasteiger charge is 2.33. The average Bonchev–Trinajstić information content (AvgIpc) is 3.78. The van der Waals surface area contributed by atoms with E-state index in [9.17, 15) is 22.8 Å². The van der Waals surface area contributed by atoms with Crippen LogP contribution < -0.4 is 27.8 Å². The van der Waals surface area contributed by atoms with Gasteiger partial charge in [-0.2, -0.15) is 13.2 Å². The van der Waals surface area contributed by atoms with Crippen LogP contribution in [0, 0.1) is 0 Å². The number of nitrogens with two attached hydrogens (primary N) is 3. The number of halogens is 4. The molecular weight excluding hydrogens is 687 g/mol. The maximum Gasteiger partial charge on any atom is 0.417 e. The molecule has 5 rings (SSSR count). The number of nitrogens with one attached hydrogen (secondary N) is 2. The summed E-state index contributed by atoms with van der Waals surface area (Å²) < 4.78 is 44.4. The lowest BCUT2D eigenvalue weighted by molar-refractivity contribution is -0.137. The highest BCUT2D eigenvalue weighted by Crippen LogP contribution is 2.35. The lowest BCUT2D eigenvalue weighted by Crippen LogP contribution is -2.12. The number of anilines is 2. The van der Waals surface area contributed by atoms with Gasteiger partial charge in [-0.1, -0.05) is 50.9 Å². The Kier molecular flexibility index (Phi) is 14.1. The summed E-state index contributed by atoms with van der Waals surface area (Å²) in [6.45, 7) is 5.44. The van der Waals surface area contributed by atoms with E-state index in [-0.39, 0.29) is 28.9 Å². The fraction of sp³-hybridized carbons (Fsp3) is 0.226. The first-order valence-corrected chi connectivity index (χ1v) is 16.2. The number of alkyl halides is 3. The minimum Gasteiger partial charge on any atom is -0.324 e. The number of nitrogens with zero attached hydrogens (tertiary/aromatic N) is 4. The van der Waals surface area contributed by atoms with Gasteiger partial charge in [0.15, 0.2) is 11.4 Å². The number of benzene rings is 3. The Morgan fingerprint density at radius 1 is 0.688 bits per heavy atom. The van der Waals surface area contributed by atoms with Gasteiger partial charge >= 0.3 is 6.18 Å². The van der Waals surface area contributed by atoms with Crippen molar-refractivity contribution in [3.05, 3.63) is 116 Å². The molecule has 0 saturated heterocycles. The maximum absolute atomic E-state index is 12.4. The molecule has 0 spiro atoms. The van der Waals surface area contributed by atoms with Gasteiger partial charge in [0, 0.05) is 40.3 Å². The highest BCUT2D eigenvalue weighted by atomic mass is 35.5. The second kappa shape index (κ2) is 17.7. The monoisotopic (exact) mass is 719 g/mol. The van der Waals surface area contributed by atoms with Crippen LogP contribution in [0.5, 0.6) is 0 Å². The van der Waals surface area contributed by atoms with Crippen molar-refractivity contribution in [3.8, 4) is 0 Å². The number of hydrogen-bond acceptors (Lipinski definition) is 11. The molecule has 48 heavy (non-hydrogen) atoms. The molecule has 17 heteroatoms. The van der Waals surface area contributed by atoms with Gasteiger partial charge in [-0.25, -0.2) is 0 Å². The summed E-state index contributed by atoms with van der Waals surface area (Å²) in [6.07, 6.45) is -4.43. The van der Waals surface area contributed by atoms with E-state index in [0.29, 0.717) is 28.3 Å². The molecule has 11 nitrogen and oxygen atoms in total. The summed E-state index contributed by atoms with van der Waals surface area (Å²) >= 11 is 7.72. The zero-order valence-corrected chi connectivity index (χ0v) is 28.3. The van der Waals surface area contributed by atoms with Crippen LogP contribution in [0.3, 0.4) is 0 Å². The van der Waals surface area contributed by atoms with Gasteiger partial charge in [0.05, 0.1) is 10.6 Å². The van der Waals surface area contributed by atoms with Gasteiger partial charge in [-0.15, -0.1) is 10.2 Å². The third-order valence-electron chi connectivity index (χ3n) is 6.40. The van der Waals surface area contributed by atoms with E-state index in [2.05, 4.69) is 29.8 Å². The van der Waals surface area contributed by atoms with Crippen molar-refractivity contribution in [2.45, 2.75) is 45.1 Å². The van der Waals surface area contributed by atoms with E-state index in [0.717, 1.165) is 40.3 Å². The Hall–Kier alpha value is -4.32. The van der Waals surface area contributed by atoms with Crippen LogP contribution in [0.25, 0.3) is 0 Å². The number of carbonyl (C=O) groups excluding carboxylic acids is 2. The molecule has 2 aromatic heterocycles. The predicted octanol–water partition coefficient (Wildman–Crippen LogP) is 7.00. The van der Waals surface area contributed by atoms with Gasteiger partial charge in [0.2, 0.25) is 0 Å². The van der Waals surface area contributed by atoms with Crippen molar-refractivity contribution in [3.63, 3.8) is 0 Å². The summed E-state index contributed by atoms with van der Waals surface area (Å²) in [5, 5.41) is 15.8. The Morgan fingerprint density at radius 2 is 1.06 bits per heavy atom. The van der Waals surface area contributed by atoms with Gasteiger partial charge < -0.3 is 27.8 Å². The number of aromatic nitrogens is 4. The first kappa shape index (κ1) is 38.1. The van der Waals surface area contributed by atoms with E-state index in [1.807, 2.05) is 62.4 Å². The largest absolute Gasteiger partial charge is 0.417 e. The lowest BCUT2D eigenvalue weighted by Gasteiger charge is -2.12. The van der Waals surface area contributed by atoms with Gasteiger partial charge in [0.25, 0.3) is 11.8 Å². The van der Waals surface area contributed by atoms with Crippen molar-refractivity contribution < 1.29 is 22.8 Å². The Balaban J connectivity index is 0.000000197. The van der Waals surface area contributed by atoms with Gasteiger partial charge in [-0.05, 0) is 96.9 Å². The third-order valence-corrected chi connectivity index (χ3v) is 7.73. The molecule has 254 valence electrons. The Morgan fingerprint density at radius 3 is 1.38 bits per heavy atom. The minimum absolute atomic E-state index is 0.0116. The molecule has 0 fully saturated rings. The topological polar surface area (TPSA) is 188 Å². The van der Waals surface area contributed by atoms with Crippen molar-refractivity contribution in [1.82, 2.24) is 19.2 Å². The van der Waals surface area contributed by atoms with Gasteiger partial charge in [0.1, 0.15) is 0 Å². The molecule has 0 aliphatic heterocycles. The molecule has 5 aromatic rings. The van der Waals surface area contributed by atoms with Crippen LogP contribution in [0.2, 0.25) is 5.02 Å². The number of carbonyl (C=O) groups is 2. The first-order chi connectivity index (χ1) is 22.6. The molecule has 0 radical (unpaired) electrons. The summed E-state index contributed by atoms with van der Waals surface area (Å²) in [5.41, 5.74) is 20.7. The third kappa shape index (κ3) is 11.7. The SMILES string of the molecule is CC(N)c1ccc(Cl)c(C(F)(F)F)c1.C[C@@H](N)c1ccc(NC(=O)c2csnn2)cc1.C[C@H](N)c1ccc(NC(=O)c2csnn2)cc1. The van der Waals surface area contributed by atoms with Crippen LogP contribution in [0.15, 0.2) is 77.5 Å². The number of hydrogen-bond donors (Lipinski definition) is 5. The summed E-state index contributed by atoms with van der Waals surface area (Å²) in [6, 6.07) is 18.0.